The minimum Gasteiger partial charge on any atom is -0.396 e. The molecular weight excluding hydrogens is 246 g/mol. The van der Waals surface area contributed by atoms with Crippen LogP contribution in [0, 0.1) is 0 Å². The van der Waals surface area contributed by atoms with Gasteiger partial charge in [-0.15, -0.1) is 11.3 Å². The van der Waals surface area contributed by atoms with E-state index >= 15 is 0 Å². The lowest BCUT2D eigenvalue weighted by atomic mass is 10.3. The number of nitrogens with zero attached hydrogens (tertiary/aromatic N) is 1. The van der Waals surface area contributed by atoms with Gasteiger partial charge in [0, 0.05) is 25.1 Å². The fraction of sp³-hybridized carbons (Fsp3) is 0.600. The highest BCUT2D eigenvalue weighted by Crippen LogP contribution is 2.10. The summed E-state index contributed by atoms with van der Waals surface area (Å²) in [6.07, 6.45) is 1.04. The van der Waals surface area contributed by atoms with Crippen LogP contribution >= 0.6 is 11.3 Å². The number of thiophene rings is 1. The van der Waals surface area contributed by atoms with Crippen molar-refractivity contribution in [2.24, 2.45) is 0 Å². The van der Waals surface area contributed by atoms with Gasteiger partial charge < -0.3 is 5.11 Å². The van der Waals surface area contributed by atoms with Crippen molar-refractivity contribution in [1.29, 1.82) is 0 Å². The van der Waals surface area contributed by atoms with Crippen molar-refractivity contribution in [3.63, 3.8) is 0 Å². The Bertz CT molecular complexity index is 386. The Morgan fingerprint density at radius 3 is 2.81 bits per heavy atom. The number of aliphatic hydroxyl groups is 1. The molecule has 0 atom stereocenters. The summed E-state index contributed by atoms with van der Waals surface area (Å²) in [6.45, 7) is 0.409. The van der Waals surface area contributed by atoms with Crippen LogP contribution in [0.15, 0.2) is 17.5 Å². The van der Waals surface area contributed by atoms with E-state index in [1.54, 1.807) is 18.4 Å². The van der Waals surface area contributed by atoms with E-state index in [-0.39, 0.29) is 12.4 Å². The second-order valence-electron chi connectivity index (χ2n) is 3.54. The Labute approximate surface area is 101 Å². The minimum atomic E-state index is -3.20. The van der Waals surface area contributed by atoms with Crippen LogP contribution < -0.4 is 0 Å². The zero-order chi connectivity index (χ0) is 12.0. The molecule has 1 rings (SSSR count). The Morgan fingerprint density at radius 2 is 2.25 bits per heavy atom. The van der Waals surface area contributed by atoms with Crippen LogP contribution in [0.2, 0.25) is 0 Å². The normalized spacial score (nSPS) is 12.2. The van der Waals surface area contributed by atoms with Gasteiger partial charge in [0.2, 0.25) is 10.0 Å². The molecule has 1 aromatic heterocycles. The molecule has 0 spiro atoms. The molecule has 0 fully saturated rings. The van der Waals surface area contributed by atoms with Gasteiger partial charge in [-0.05, 0) is 24.3 Å². The van der Waals surface area contributed by atoms with Gasteiger partial charge in [0.25, 0.3) is 0 Å². The van der Waals surface area contributed by atoms with Gasteiger partial charge in [-0.3, -0.25) is 0 Å². The van der Waals surface area contributed by atoms with Crippen molar-refractivity contribution < 1.29 is 13.5 Å². The maximum Gasteiger partial charge on any atom is 0.213 e. The summed E-state index contributed by atoms with van der Waals surface area (Å²) < 4.78 is 24.7. The van der Waals surface area contributed by atoms with Crippen LogP contribution in [0.4, 0.5) is 0 Å². The summed E-state index contributed by atoms with van der Waals surface area (Å²) in [5, 5.41) is 10.6. The molecule has 0 unspecified atom stereocenters. The molecule has 1 heterocycles. The average molecular weight is 263 g/mol. The standard InChI is InChI=1S/C10H17NO3S2/c1-11(16(13,14)9-3-7-12)6-5-10-4-2-8-15-10/h2,4,8,12H,3,5-7,9H2,1H3. The number of sulfonamides is 1. The van der Waals surface area contributed by atoms with E-state index in [1.165, 1.54) is 9.18 Å². The third-order valence-electron chi connectivity index (χ3n) is 2.29. The Morgan fingerprint density at radius 1 is 1.50 bits per heavy atom. The molecule has 6 heteroatoms. The monoisotopic (exact) mass is 263 g/mol. The topological polar surface area (TPSA) is 57.6 Å². The van der Waals surface area contributed by atoms with Gasteiger partial charge in [0.15, 0.2) is 0 Å². The number of hydrogen-bond acceptors (Lipinski definition) is 4. The summed E-state index contributed by atoms with van der Waals surface area (Å²) in [7, 11) is -1.61. The van der Waals surface area contributed by atoms with Crippen LogP contribution in [0.5, 0.6) is 0 Å². The largest absolute Gasteiger partial charge is 0.396 e. The van der Waals surface area contributed by atoms with Crippen LogP contribution in [0.25, 0.3) is 0 Å². The first-order chi connectivity index (χ1) is 7.56. The van der Waals surface area contributed by atoms with E-state index in [0.29, 0.717) is 13.0 Å². The molecule has 0 bridgehead atoms. The first kappa shape index (κ1) is 13.6. The molecule has 0 amide bonds. The lowest BCUT2D eigenvalue weighted by molar-refractivity contribution is 0.294. The molecule has 4 nitrogen and oxygen atoms in total. The average Bonchev–Trinajstić information content (AvgIpc) is 2.75. The van der Waals surface area contributed by atoms with E-state index in [0.717, 1.165) is 6.42 Å². The molecule has 0 saturated heterocycles. The first-order valence-electron chi connectivity index (χ1n) is 5.13. The number of rotatable bonds is 7. The maximum absolute atomic E-state index is 11.7. The molecule has 1 N–H and O–H groups in total. The third kappa shape index (κ3) is 4.21. The second-order valence-corrected chi connectivity index (χ2v) is 6.77. The third-order valence-corrected chi connectivity index (χ3v) is 5.16. The maximum atomic E-state index is 11.7. The van der Waals surface area contributed by atoms with Crippen LogP contribution in [-0.4, -0.2) is 43.8 Å². The van der Waals surface area contributed by atoms with Crippen LogP contribution in [0.3, 0.4) is 0 Å². The summed E-state index contributed by atoms with van der Waals surface area (Å²) in [5.74, 6) is 0.0183. The van der Waals surface area contributed by atoms with Gasteiger partial charge in [0.05, 0.1) is 5.75 Å². The smallest absolute Gasteiger partial charge is 0.213 e. The lowest BCUT2D eigenvalue weighted by Gasteiger charge is -2.16. The molecule has 0 saturated carbocycles. The number of hydrogen-bond donors (Lipinski definition) is 1. The van der Waals surface area contributed by atoms with E-state index in [4.69, 9.17) is 5.11 Å². The van der Waals surface area contributed by atoms with Gasteiger partial charge in [0.1, 0.15) is 0 Å². The zero-order valence-electron chi connectivity index (χ0n) is 9.30. The first-order valence-corrected chi connectivity index (χ1v) is 7.62. The summed E-state index contributed by atoms with van der Waals surface area (Å²) in [5.41, 5.74) is 0. The molecule has 16 heavy (non-hydrogen) atoms. The highest BCUT2D eigenvalue weighted by atomic mass is 32.2. The summed E-state index contributed by atoms with van der Waals surface area (Å²) >= 11 is 1.63. The van der Waals surface area contributed by atoms with Crippen LogP contribution in [-0.2, 0) is 16.4 Å². The molecule has 1 aromatic rings. The van der Waals surface area contributed by atoms with E-state index in [9.17, 15) is 8.42 Å². The molecule has 0 aliphatic heterocycles. The number of aliphatic hydroxyl groups excluding tert-OH is 1. The van der Waals surface area contributed by atoms with E-state index < -0.39 is 10.0 Å². The van der Waals surface area contributed by atoms with Crippen molar-refractivity contribution in [2.45, 2.75) is 12.8 Å². The Hall–Kier alpha value is -0.430. The quantitative estimate of drug-likeness (QED) is 0.796. The fourth-order valence-corrected chi connectivity index (χ4v) is 3.14. The molecule has 0 aromatic carbocycles. The van der Waals surface area contributed by atoms with Gasteiger partial charge in [-0.1, -0.05) is 6.07 Å². The van der Waals surface area contributed by atoms with E-state index in [1.807, 2.05) is 17.5 Å². The predicted molar refractivity (Wildman–Crippen MR) is 66.1 cm³/mol. The van der Waals surface area contributed by atoms with Crippen LogP contribution in [0.1, 0.15) is 11.3 Å². The fourth-order valence-electron chi connectivity index (χ4n) is 1.26. The Balaban J connectivity index is 2.42. The van der Waals surface area contributed by atoms with E-state index in [2.05, 4.69) is 0 Å². The van der Waals surface area contributed by atoms with Crippen molar-refractivity contribution in [3.8, 4) is 0 Å². The summed E-state index contributed by atoms with van der Waals surface area (Å²) in [6, 6.07) is 3.96. The van der Waals surface area contributed by atoms with Crippen molar-refractivity contribution in [1.82, 2.24) is 4.31 Å². The highest BCUT2D eigenvalue weighted by Gasteiger charge is 2.16. The SMILES string of the molecule is CN(CCc1cccs1)S(=O)(=O)CCCO. The van der Waals surface area contributed by atoms with Gasteiger partial charge >= 0.3 is 0 Å². The molecule has 0 radical (unpaired) electrons. The minimum absolute atomic E-state index is 0.0183. The highest BCUT2D eigenvalue weighted by molar-refractivity contribution is 7.89. The molecule has 0 aliphatic rings. The van der Waals surface area contributed by atoms with Crippen molar-refractivity contribution in [2.75, 3.05) is 26.0 Å². The number of likely N-dealkylation sites (N-methyl/N-ethyl adjacent to an activating group) is 1. The molecule has 0 aliphatic carbocycles. The molecular formula is C10H17NO3S2. The van der Waals surface area contributed by atoms with Gasteiger partial charge in [-0.2, -0.15) is 0 Å². The zero-order valence-corrected chi connectivity index (χ0v) is 10.9. The van der Waals surface area contributed by atoms with Crippen molar-refractivity contribution in [3.05, 3.63) is 22.4 Å². The van der Waals surface area contributed by atoms with Gasteiger partial charge in [-0.25, -0.2) is 12.7 Å². The summed E-state index contributed by atoms with van der Waals surface area (Å²) in [4.78, 5) is 1.18. The molecule has 92 valence electrons. The van der Waals surface area contributed by atoms with Crippen molar-refractivity contribution >= 4 is 21.4 Å². The predicted octanol–water partition coefficient (Wildman–Crippen LogP) is 0.935. The lowest BCUT2D eigenvalue weighted by Crippen LogP contribution is -2.31. The Kier molecular flexibility index (Phi) is 5.40. The second kappa shape index (κ2) is 6.34.